The Morgan fingerprint density at radius 3 is 2.71 bits per heavy atom. The SMILES string of the molecule is N[C@@H](C(=O)NCCCC1CC1)c1ccccc1. The normalized spacial score (nSPS) is 16.5. The van der Waals surface area contributed by atoms with Crippen molar-refractivity contribution < 1.29 is 4.79 Å². The van der Waals surface area contributed by atoms with Gasteiger partial charge in [-0.25, -0.2) is 0 Å². The lowest BCUT2D eigenvalue weighted by Gasteiger charge is -2.12. The van der Waals surface area contributed by atoms with Gasteiger partial charge in [-0.05, 0) is 24.3 Å². The highest BCUT2D eigenvalue weighted by molar-refractivity contribution is 5.82. The predicted molar refractivity (Wildman–Crippen MR) is 68.3 cm³/mol. The van der Waals surface area contributed by atoms with Gasteiger partial charge in [0.1, 0.15) is 6.04 Å². The van der Waals surface area contributed by atoms with E-state index in [0.717, 1.165) is 24.4 Å². The Morgan fingerprint density at radius 2 is 2.06 bits per heavy atom. The van der Waals surface area contributed by atoms with E-state index in [4.69, 9.17) is 5.73 Å². The van der Waals surface area contributed by atoms with E-state index in [1.165, 1.54) is 19.3 Å². The van der Waals surface area contributed by atoms with Crippen molar-refractivity contribution in [3.8, 4) is 0 Å². The van der Waals surface area contributed by atoms with Crippen molar-refractivity contribution in [1.82, 2.24) is 5.32 Å². The summed E-state index contributed by atoms with van der Waals surface area (Å²) < 4.78 is 0. The van der Waals surface area contributed by atoms with Crippen LogP contribution in [0.4, 0.5) is 0 Å². The summed E-state index contributed by atoms with van der Waals surface area (Å²) in [6.45, 7) is 0.746. The lowest BCUT2D eigenvalue weighted by molar-refractivity contribution is -0.122. The second-order valence-corrected chi connectivity index (χ2v) is 4.76. The van der Waals surface area contributed by atoms with Crippen LogP contribution in [-0.4, -0.2) is 12.5 Å². The van der Waals surface area contributed by atoms with Crippen LogP contribution in [-0.2, 0) is 4.79 Å². The summed E-state index contributed by atoms with van der Waals surface area (Å²) in [5.41, 5.74) is 6.75. The van der Waals surface area contributed by atoms with E-state index in [1.54, 1.807) is 0 Å². The minimum absolute atomic E-state index is 0.0769. The van der Waals surface area contributed by atoms with Gasteiger partial charge < -0.3 is 11.1 Å². The topological polar surface area (TPSA) is 55.1 Å². The molecule has 0 spiro atoms. The fourth-order valence-corrected chi connectivity index (χ4v) is 1.93. The van der Waals surface area contributed by atoms with Gasteiger partial charge in [-0.15, -0.1) is 0 Å². The fourth-order valence-electron chi connectivity index (χ4n) is 1.93. The zero-order chi connectivity index (χ0) is 12.1. The summed E-state index contributed by atoms with van der Waals surface area (Å²) >= 11 is 0. The number of carbonyl (C=O) groups excluding carboxylic acids is 1. The van der Waals surface area contributed by atoms with Gasteiger partial charge in [-0.1, -0.05) is 43.2 Å². The van der Waals surface area contributed by atoms with Crippen LogP contribution in [0.15, 0.2) is 30.3 Å². The molecule has 1 aromatic carbocycles. The van der Waals surface area contributed by atoms with Crippen molar-refractivity contribution >= 4 is 5.91 Å². The number of nitrogens with two attached hydrogens (primary N) is 1. The van der Waals surface area contributed by atoms with E-state index >= 15 is 0 Å². The maximum atomic E-state index is 11.8. The lowest BCUT2D eigenvalue weighted by atomic mass is 10.1. The minimum Gasteiger partial charge on any atom is -0.354 e. The Morgan fingerprint density at radius 1 is 1.35 bits per heavy atom. The summed E-state index contributed by atoms with van der Waals surface area (Å²) in [5, 5.41) is 2.90. The third-order valence-electron chi connectivity index (χ3n) is 3.23. The van der Waals surface area contributed by atoms with Crippen LogP contribution in [0.1, 0.15) is 37.3 Å². The number of hydrogen-bond donors (Lipinski definition) is 2. The molecule has 1 saturated carbocycles. The molecule has 1 atom stereocenters. The number of hydrogen-bond acceptors (Lipinski definition) is 2. The van der Waals surface area contributed by atoms with Gasteiger partial charge in [-0.3, -0.25) is 4.79 Å². The third-order valence-corrected chi connectivity index (χ3v) is 3.23. The summed E-state index contributed by atoms with van der Waals surface area (Å²) in [5.74, 6) is 0.849. The molecule has 0 heterocycles. The maximum Gasteiger partial charge on any atom is 0.241 e. The quantitative estimate of drug-likeness (QED) is 0.737. The number of amides is 1. The molecule has 1 aliphatic rings. The number of nitrogens with one attached hydrogen (secondary N) is 1. The zero-order valence-corrected chi connectivity index (χ0v) is 10.1. The Hall–Kier alpha value is -1.35. The van der Waals surface area contributed by atoms with Gasteiger partial charge in [0, 0.05) is 6.54 Å². The maximum absolute atomic E-state index is 11.8. The van der Waals surface area contributed by atoms with Crippen molar-refractivity contribution in [2.45, 2.75) is 31.7 Å². The molecule has 0 aliphatic heterocycles. The van der Waals surface area contributed by atoms with Crippen LogP contribution in [0.2, 0.25) is 0 Å². The molecule has 2 rings (SSSR count). The summed E-state index contributed by atoms with van der Waals surface area (Å²) in [7, 11) is 0. The van der Waals surface area contributed by atoms with E-state index in [0.29, 0.717) is 0 Å². The molecule has 0 radical (unpaired) electrons. The van der Waals surface area contributed by atoms with E-state index in [2.05, 4.69) is 5.32 Å². The molecule has 92 valence electrons. The molecular weight excluding hydrogens is 212 g/mol. The number of rotatable bonds is 6. The second-order valence-electron chi connectivity index (χ2n) is 4.76. The van der Waals surface area contributed by atoms with Crippen LogP contribution in [0, 0.1) is 5.92 Å². The Bertz CT molecular complexity index is 360. The summed E-state index contributed by atoms with van der Waals surface area (Å²) in [4.78, 5) is 11.8. The Balaban J connectivity index is 1.71. The summed E-state index contributed by atoms with van der Waals surface area (Å²) in [6.07, 6.45) is 5.05. The van der Waals surface area contributed by atoms with Gasteiger partial charge in [-0.2, -0.15) is 0 Å². The monoisotopic (exact) mass is 232 g/mol. The van der Waals surface area contributed by atoms with Crippen LogP contribution in [0.5, 0.6) is 0 Å². The van der Waals surface area contributed by atoms with Crippen LogP contribution in [0.25, 0.3) is 0 Å². The van der Waals surface area contributed by atoms with E-state index < -0.39 is 6.04 Å². The predicted octanol–water partition coefficient (Wildman–Crippen LogP) is 1.99. The highest BCUT2D eigenvalue weighted by Crippen LogP contribution is 2.33. The molecule has 3 N–H and O–H groups in total. The van der Waals surface area contributed by atoms with E-state index in [1.807, 2.05) is 30.3 Å². The van der Waals surface area contributed by atoms with Gasteiger partial charge in [0.25, 0.3) is 0 Å². The average molecular weight is 232 g/mol. The molecule has 1 amide bonds. The first kappa shape index (κ1) is 12.1. The highest BCUT2D eigenvalue weighted by atomic mass is 16.2. The molecule has 1 aromatic rings. The number of carbonyl (C=O) groups is 1. The molecule has 0 unspecified atom stereocenters. The first-order chi connectivity index (χ1) is 8.27. The Labute approximate surface area is 102 Å². The molecule has 3 heteroatoms. The summed E-state index contributed by atoms with van der Waals surface area (Å²) in [6, 6.07) is 8.94. The smallest absolute Gasteiger partial charge is 0.241 e. The van der Waals surface area contributed by atoms with Crippen molar-refractivity contribution in [1.29, 1.82) is 0 Å². The second kappa shape index (κ2) is 5.82. The van der Waals surface area contributed by atoms with Gasteiger partial charge in [0.05, 0.1) is 0 Å². The third kappa shape index (κ3) is 3.86. The van der Waals surface area contributed by atoms with Crippen LogP contribution < -0.4 is 11.1 Å². The molecular formula is C14H20N2O. The average Bonchev–Trinajstić information content (AvgIpc) is 3.18. The zero-order valence-electron chi connectivity index (χ0n) is 10.1. The van der Waals surface area contributed by atoms with Gasteiger partial charge in [0.2, 0.25) is 5.91 Å². The number of benzene rings is 1. The standard InChI is InChI=1S/C14H20N2O/c15-13(12-6-2-1-3-7-12)14(17)16-10-4-5-11-8-9-11/h1-3,6-7,11,13H,4-5,8-10,15H2,(H,16,17)/t13-/m1/s1. The largest absolute Gasteiger partial charge is 0.354 e. The van der Waals surface area contributed by atoms with Gasteiger partial charge >= 0.3 is 0 Å². The molecule has 17 heavy (non-hydrogen) atoms. The molecule has 0 bridgehead atoms. The van der Waals surface area contributed by atoms with Crippen molar-refractivity contribution in [3.05, 3.63) is 35.9 Å². The molecule has 3 nitrogen and oxygen atoms in total. The van der Waals surface area contributed by atoms with Crippen LogP contribution in [0.3, 0.4) is 0 Å². The first-order valence-corrected chi connectivity index (χ1v) is 6.35. The fraction of sp³-hybridized carbons (Fsp3) is 0.500. The van der Waals surface area contributed by atoms with Crippen molar-refractivity contribution in [3.63, 3.8) is 0 Å². The molecule has 0 saturated heterocycles. The minimum atomic E-state index is -0.544. The highest BCUT2D eigenvalue weighted by Gasteiger charge is 2.20. The van der Waals surface area contributed by atoms with Crippen LogP contribution >= 0.6 is 0 Å². The molecule has 1 aliphatic carbocycles. The molecule has 0 aromatic heterocycles. The van der Waals surface area contributed by atoms with E-state index in [-0.39, 0.29) is 5.91 Å². The van der Waals surface area contributed by atoms with Gasteiger partial charge in [0.15, 0.2) is 0 Å². The lowest BCUT2D eigenvalue weighted by Crippen LogP contribution is -2.34. The first-order valence-electron chi connectivity index (χ1n) is 6.35. The van der Waals surface area contributed by atoms with E-state index in [9.17, 15) is 4.79 Å². The van der Waals surface area contributed by atoms with Crippen molar-refractivity contribution in [2.75, 3.05) is 6.54 Å². The Kier molecular flexibility index (Phi) is 4.15. The molecule has 1 fully saturated rings. The van der Waals surface area contributed by atoms with Crippen molar-refractivity contribution in [2.24, 2.45) is 11.7 Å².